The number of amides is 1. The minimum Gasteiger partial charge on any atom is -0.379 e. The summed E-state index contributed by atoms with van der Waals surface area (Å²) in [6, 6.07) is 4.51. The van der Waals surface area contributed by atoms with Crippen molar-refractivity contribution < 1.29 is 9.53 Å². The molecule has 0 unspecified atom stereocenters. The van der Waals surface area contributed by atoms with Gasteiger partial charge in [-0.15, -0.1) is 11.3 Å². The molecule has 30 heavy (non-hydrogen) atoms. The Bertz CT molecular complexity index is 650. The summed E-state index contributed by atoms with van der Waals surface area (Å²) in [6.45, 7) is 8.86. The third kappa shape index (κ3) is 7.80. The Morgan fingerprint density at radius 2 is 2.13 bits per heavy atom. The highest BCUT2D eigenvalue weighted by molar-refractivity contribution is 7.80. The topological polar surface area (TPSA) is 56.8 Å². The summed E-state index contributed by atoms with van der Waals surface area (Å²) in [5.41, 5.74) is 0. The number of nitrogens with one attached hydrogen (secondary N) is 2. The summed E-state index contributed by atoms with van der Waals surface area (Å²) in [7, 11) is 0. The van der Waals surface area contributed by atoms with Crippen molar-refractivity contribution in [2.45, 2.75) is 51.6 Å². The number of carbonyl (C=O) groups is 1. The van der Waals surface area contributed by atoms with Gasteiger partial charge < -0.3 is 20.3 Å². The van der Waals surface area contributed by atoms with Crippen LogP contribution < -0.4 is 10.6 Å². The predicted molar refractivity (Wildman–Crippen MR) is 127 cm³/mol. The summed E-state index contributed by atoms with van der Waals surface area (Å²) < 4.78 is 5.43. The molecule has 0 spiro atoms. The van der Waals surface area contributed by atoms with Gasteiger partial charge in [-0.2, -0.15) is 0 Å². The van der Waals surface area contributed by atoms with Gasteiger partial charge in [0, 0.05) is 37.1 Å². The molecule has 1 saturated heterocycles. The molecule has 2 atom stereocenters. The van der Waals surface area contributed by atoms with Crippen molar-refractivity contribution in [3.8, 4) is 0 Å². The van der Waals surface area contributed by atoms with Gasteiger partial charge in [0.2, 0.25) is 5.91 Å². The first-order chi connectivity index (χ1) is 14.6. The van der Waals surface area contributed by atoms with Crippen LogP contribution in [0.15, 0.2) is 17.5 Å². The van der Waals surface area contributed by atoms with Crippen LogP contribution in [0.1, 0.15) is 43.9 Å². The van der Waals surface area contributed by atoms with Gasteiger partial charge in [0.05, 0.1) is 26.3 Å². The van der Waals surface area contributed by atoms with Crippen molar-refractivity contribution in [3.63, 3.8) is 0 Å². The normalized spacial score (nSPS) is 22.4. The highest BCUT2D eigenvalue weighted by atomic mass is 32.1. The molecule has 0 aromatic carbocycles. The molecule has 2 fully saturated rings. The molecule has 1 aromatic heterocycles. The maximum absolute atomic E-state index is 12.5. The Balaban J connectivity index is 1.44. The molecule has 0 radical (unpaired) electrons. The fourth-order valence-electron chi connectivity index (χ4n) is 4.21. The van der Waals surface area contributed by atoms with Crippen LogP contribution in [0.3, 0.4) is 0 Å². The lowest BCUT2D eigenvalue weighted by molar-refractivity contribution is -0.121. The summed E-state index contributed by atoms with van der Waals surface area (Å²) >= 11 is 7.41. The maximum Gasteiger partial charge on any atom is 0.239 e. The van der Waals surface area contributed by atoms with E-state index in [1.807, 2.05) is 0 Å². The number of nitrogens with zero attached hydrogens (tertiary/aromatic N) is 2. The van der Waals surface area contributed by atoms with E-state index in [9.17, 15) is 4.79 Å². The minimum absolute atomic E-state index is 0.0421. The monoisotopic (exact) mass is 452 g/mol. The summed E-state index contributed by atoms with van der Waals surface area (Å²) in [6.07, 6.45) is 5.81. The molecule has 1 aliphatic carbocycles. The number of morpholine rings is 1. The standard InChI is InChI=1S/C22H36N4O2S2/c1-18-6-2-3-8-20(18)24-21(27)16-23-22(29)26(17-19-7-4-15-30-19)10-5-9-25-11-13-28-14-12-25/h4,7,15,18,20H,2-3,5-6,8-14,16-17H2,1H3,(H,23,29)(H,24,27)/t18-,20+/m1/s1. The number of hydrogen-bond acceptors (Lipinski definition) is 5. The number of thiocarbonyl (C=S) groups is 1. The number of thiophene rings is 1. The minimum atomic E-state index is 0.0421. The third-order valence-corrected chi connectivity index (χ3v) is 7.34. The number of ether oxygens (including phenoxy) is 1. The lowest BCUT2D eigenvalue weighted by Crippen LogP contribution is -2.48. The van der Waals surface area contributed by atoms with Crippen LogP contribution in [0.4, 0.5) is 0 Å². The van der Waals surface area contributed by atoms with E-state index in [-0.39, 0.29) is 12.5 Å². The van der Waals surface area contributed by atoms with Gasteiger partial charge in [-0.3, -0.25) is 9.69 Å². The average Bonchev–Trinajstić information content (AvgIpc) is 3.27. The van der Waals surface area contributed by atoms with Gasteiger partial charge in [0.1, 0.15) is 0 Å². The van der Waals surface area contributed by atoms with Crippen molar-refractivity contribution in [2.75, 3.05) is 45.9 Å². The van der Waals surface area contributed by atoms with Gasteiger partial charge in [-0.05, 0) is 48.8 Å². The van der Waals surface area contributed by atoms with E-state index in [4.69, 9.17) is 17.0 Å². The van der Waals surface area contributed by atoms with Crippen molar-refractivity contribution >= 4 is 34.6 Å². The van der Waals surface area contributed by atoms with Gasteiger partial charge >= 0.3 is 0 Å². The largest absolute Gasteiger partial charge is 0.379 e. The predicted octanol–water partition coefficient (Wildman–Crippen LogP) is 2.84. The molecule has 0 bridgehead atoms. The van der Waals surface area contributed by atoms with Crippen LogP contribution in [0.2, 0.25) is 0 Å². The first-order valence-electron chi connectivity index (χ1n) is 11.3. The highest BCUT2D eigenvalue weighted by Crippen LogP contribution is 2.23. The molecule has 3 rings (SSSR count). The Kier molecular flexibility index (Phi) is 9.84. The van der Waals surface area contributed by atoms with Crippen LogP contribution in [0.25, 0.3) is 0 Å². The Hall–Kier alpha value is -1.22. The van der Waals surface area contributed by atoms with Crippen LogP contribution in [-0.4, -0.2) is 72.8 Å². The maximum atomic E-state index is 12.5. The van der Waals surface area contributed by atoms with Crippen molar-refractivity contribution in [1.29, 1.82) is 0 Å². The molecule has 168 valence electrons. The lowest BCUT2D eigenvalue weighted by Gasteiger charge is -2.30. The van der Waals surface area contributed by atoms with Crippen LogP contribution in [-0.2, 0) is 16.1 Å². The third-order valence-electron chi connectivity index (χ3n) is 6.08. The van der Waals surface area contributed by atoms with E-state index in [0.717, 1.165) is 58.8 Å². The first kappa shape index (κ1) is 23.4. The molecule has 1 aromatic rings. The molecule has 1 saturated carbocycles. The SMILES string of the molecule is C[C@@H]1CCCC[C@@H]1NC(=O)CNC(=S)N(CCCN1CCOCC1)Cc1cccs1. The molecule has 1 amide bonds. The fourth-order valence-corrected chi connectivity index (χ4v) is 5.16. The van der Waals surface area contributed by atoms with Crippen molar-refractivity contribution in [1.82, 2.24) is 20.4 Å². The molecule has 2 N–H and O–H groups in total. The van der Waals surface area contributed by atoms with Crippen molar-refractivity contribution in [2.24, 2.45) is 5.92 Å². The van der Waals surface area contributed by atoms with E-state index < -0.39 is 0 Å². The second-order valence-electron chi connectivity index (χ2n) is 8.40. The number of carbonyl (C=O) groups excluding carboxylic acids is 1. The van der Waals surface area contributed by atoms with E-state index >= 15 is 0 Å². The number of rotatable bonds is 9. The molecular formula is C22H36N4O2S2. The van der Waals surface area contributed by atoms with Crippen LogP contribution in [0, 0.1) is 5.92 Å². The molecular weight excluding hydrogens is 416 g/mol. The zero-order valence-electron chi connectivity index (χ0n) is 18.1. The molecule has 8 heteroatoms. The van der Waals surface area contributed by atoms with Crippen molar-refractivity contribution in [3.05, 3.63) is 22.4 Å². The highest BCUT2D eigenvalue weighted by Gasteiger charge is 2.23. The number of hydrogen-bond donors (Lipinski definition) is 2. The Morgan fingerprint density at radius 3 is 2.87 bits per heavy atom. The van der Waals surface area contributed by atoms with Gasteiger partial charge in [-0.25, -0.2) is 0 Å². The summed E-state index contributed by atoms with van der Waals surface area (Å²) in [5, 5.41) is 9.16. The second-order valence-corrected chi connectivity index (χ2v) is 9.82. The van der Waals surface area contributed by atoms with E-state index in [0.29, 0.717) is 17.1 Å². The van der Waals surface area contributed by atoms with Gasteiger partial charge in [0.15, 0.2) is 5.11 Å². The Labute approximate surface area is 190 Å². The quantitative estimate of drug-likeness (QED) is 0.562. The van der Waals surface area contributed by atoms with E-state index in [2.05, 4.69) is 44.9 Å². The fraction of sp³-hybridized carbons (Fsp3) is 0.727. The van der Waals surface area contributed by atoms with E-state index in [1.54, 1.807) is 11.3 Å². The molecule has 1 aliphatic heterocycles. The van der Waals surface area contributed by atoms with E-state index in [1.165, 1.54) is 24.1 Å². The van der Waals surface area contributed by atoms with Crippen LogP contribution in [0.5, 0.6) is 0 Å². The average molecular weight is 453 g/mol. The first-order valence-corrected chi connectivity index (χ1v) is 12.5. The zero-order chi connectivity index (χ0) is 21.2. The summed E-state index contributed by atoms with van der Waals surface area (Å²) in [5.74, 6) is 0.602. The second kappa shape index (κ2) is 12.6. The van der Waals surface area contributed by atoms with Crippen LogP contribution >= 0.6 is 23.6 Å². The van der Waals surface area contributed by atoms with Gasteiger partial charge in [-0.1, -0.05) is 25.8 Å². The lowest BCUT2D eigenvalue weighted by atomic mass is 9.86. The Morgan fingerprint density at radius 1 is 1.33 bits per heavy atom. The molecule has 6 nitrogen and oxygen atoms in total. The molecule has 2 aliphatic rings. The molecule has 2 heterocycles. The van der Waals surface area contributed by atoms with Gasteiger partial charge in [0.25, 0.3) is 0 Å². The summed E-state index contributed by atoms with van der Waals surface area (Å²) in [4.78, 5) is 18.4. The smallest absolute Gasteiger partial charge is 0.239 e. The zero-order valence-corrected chi connectivity index (χ0v) is 19.7.